The van der Waals surface area contributed by atoms with E-state index in [1.807, 2.05) is 17.3 Å². The van der Waals surface area contributed by atoms with Crippen molar-refractivity contribution in [2.75, 3.05) is 6.54 Å². The van der Waals surface area contributed by atoms with Crippen molar-refractivity contribution in [1.82, 2.24) is 15.2 Å². The second kappa shape index (κ2) is 7.19. The van der Waals surface area contributed by atoms with Crippen molar-refractivity contribution >= 4 is 21.4 Å². The Morgan fingerprint density at radius 1 is 1.33 bits per heavy atom. The first kappa shape index (κ1) is 16.9. The van der Waals surface area contributed by atoms with Gasteiger partial charge in [0.15, 0.2) is 0 Å². The average molecular weight is 332 g/mol. The molecular weight excluding hydrogens is 306 g/mol. The van der Waals surface area contributed by atoms with Gasteiger partial charge in [-0.2, -0.15) is 0 Å². The number of piperidine rings is 1. The molecule has 2 N–H and O–H groups in total. The molecule has 1 aliphatic rings. The van der Waals surface area contributed by atoms with Crippen LogP contribution in [0.15, 0.2) is 15.7 Å². The lowest BCUT2D eigenvalue weighted by molar-refractivity contribution is 0.0791. The molecule has 1 aromatic heterocycles. The summed E-state index contributed by atoms with van der Waals surface area (Å²) in [5.74, 6) is 0. The van der Waals surface area contributed by atoms with E-state index < -0.39 is 10.0 Å². The first-order valence-corrected chi connectivity index (χ1v) is 9.89. The van der Waals surface area contributed by atoms with Crippen LogP contribution in [-0.2, 0) is 16.6 Å². The topological polar surface area (TPSA) is 61.4 Å². The molecule has 2 unspecified atom stereocenters. The van der Waals surface area contributed by atoms with Crippen LogP contribution in [0.1, 0.15) is 45.6 Å². The molecule has 0 saturated carbocycles. The third kappa shape index (κ3) is 4.26. The summed E-state index contributed by atoms with van der Waals surface area (Å²) in [5.41, 5.74) is 1.02. The van der Waals surface area contributed by atoms with Crippen LogP contribution in [0.25, 0.3) is 0 Å². The smallest absolute Gasteiger partial charge is 0.262 e. The summed E-state index contributed by atoms with van der Waals surface area (Å²) in [6.45, 7) is 7.76. The minimum Gasteiger partial charge on any atom is -0.313 e. The summed E-state index contributed by atoms with van der Waals surface area (Å²) < 4.78 is 25.4. The number of rotatable bonds is 6. The minimum absolute atomic E-state index is 0.240. The maximum Gasteiger partial charge on any atom is 0.262 e. The van der Waals surface area contributed by atoms with Gasteiger partial charge in [-0.25, -0.2) is 13.4 Å². The summed E-state index contributed by atoms with van der Waals surface area (Å²) in [6, 6.07) is 2.24. The zero-order valence-electron chi connectivity index (χ0n) is 12.9. The number of hydrogen-bond donors (Lipinski definition) is 2. The second-order valence-corrected chi connectivity index (χ2v) is 8.48. The third-order valence-electron chi connectivity index (χ3n) is 3.89. The van der Waals surface area contributed by atoms with Gasteiger partial charge in [0, 0.05) is 18.6 Å². The summed E-state index contributed by atoms with van der Waals surface area (Å²) in [6.07, 6.45) is 3.22. The van der Waals surface area contributed by atoms with Gasteiger partial charge >= 0.3 is 0 Å². The average Bonchev–Trinajstić information content (AvgIpc) is 2.90. The van der Waals surface area contributed by atoms with Crippen molar-refractivity contribution in [3.8, 4) is 0 Å². The zero-order chi connectivity index (χ0) is 15.5. The Balaban J connectivity index is 2.08. The van der Waals surface area contributed by atoms with Gasteiger partial charge in [-0.3, -0.25) is 0 Å². The van der Waals surface area contributed by atoms with Crippen LogP contribution < -0.4 is 10.1 Å². The number of hydrogen-bond acceptors (Lipinski definition) is 5. The lowest BCUT2D eigenvalue weighted by Crippen LogP contribution is -2.53. The van der Waals surface area contributed by atoms with Gasteiger partial charge in [0.2, 0.25) is 0 Å². The molecule has 120 valence electrons. The maximum atomic E-state index is 12.5. The molecule has 0 amide bonds. The predicted octanol–water partition coefficient (Wildman–Crippen LogP) is 2.31. The Bertz CT molecular complexity index is 546. The highest BCUT2D eigenvalue weighted by molar-refractivity contribution is 7.91. The van der Waals surface area contributed by atoms with E-state index in [1.165, 1.54) is 11.3 Å². The fourth-order valence-corrected chi connectivity index (χ4v) is 5.08. The van der Waals surface area contributed by atoms with Crippen molar-refractivity contribution in [2.45, 2.75) is 62.9 Å². The zero-order valence-corrected chi connectivity index (χ0v) is 14.6. The SMILES string of the molecule is CCNCc1csc(S(=O)(=O)NN2C(C)CCCC2C)c1. The van der Waals surface area contributed by atoms with Gasteiger partial charge in [0.25, 0.3) is 10.0 Å². The van der Waals surface area contributed by atoms with Gasteiger partial charge in [-0.05, 0) is 50.2 Å². The summed E-state index contributed by atoms with van der Waals surface area (Å²) in [4.78, 5) is 2.78. The highest BCUT2D eigenvalue weighted by Crippen LogP contribution is 2.24. The summed E-state index contributed by atoms with van der Waals surface area (Å²) in [7, 11) is -3.46. The summed E-state index contributed by atoms with van der Waals surface area (Å²) >= 11 is 1.28. The molecule has 0 spiro atoms. The monoisotopic (exact) mass is 331 g/mol. The highest BCUT2D eigenvalue weighted by Gasteiger charge is 2.29. The fraction of sp³-hybridized carbons (Fsp3) is 0.714. The Kier molecular flexibility index (Phi) is 5.79. The first-order chi connectivity index (χ1) is 9.94. The standard InChI is InChI=1S/C14H25N3O2S2/c1-4-15-9-13-8-14(20-10-13)21(18,19)16-17-11(2)6-5-7-12(17)3/h8,10-12,15-16H,4-7,9H2,1-3H3. The Morgan fingerprint density at radius 3 is 2.62 bits per heavy atom. The van der Waals surface area contributed by atoms with Gasteiger partial charge in [0.05, 0.1) is 0 Å². The van der Waals surface area contributed by atoms with Crippen molar-refractivity contribution in [1.29, 1.82) is 0 Å². The van der Waals surface area contributed by atoms with Crippen molar-refractivity contribution < 1.29 is 8.42 Å². The lowest BCUT2D eigenvalue weighted by Gasteiger charge is -2.38. The van der Waals surface area contributed by atoms with Crippen LogP contribution in [-0.4, -0.2) is 32.1 Å². The minimum atomic E-state index is -3.46. The molecule has 5 nitrogen and oxygen atoms in total. The molecule has 1 aliphatic heterocycles. The van der Waals surface area contributed by atoms with Crippen LogP contribution in [0.2, 0.25) is 0 Å². The predicted molar refractivity (Wildman–Crippen MR) is 86.6 cm³/mol. The molecule has 0 aliphatic carbocycles. The van der Waals surface area contributed by atoms with E-state index in [4.69, 9.17) is 0 Å². The van der Waals surface area contributed by atoms with E-state index in [1.54, 1.807) is 6.07 Å². The molecule has 1 fully saturated rings. The molecule has 7 heteroatoms. The molecule has 21 heavy (non-hydrogen) atoms. The largest absolute Gasteiger partial charge is 0.313 e. The lowest BCUT2D eigenvalue weighted by atomic mass is 10.0. The van der Waals surface area contributed by atoms with Gasteiger partial charge in [-0.15, -0.1) is 16.2 Å². The Hall–Kier alpha value is -0.470. The molecule has 2 heterocycles. The van der Waals surface area contributed by atoms with E-state index in [0.717, 1.165) is 31.4 Å². The van der Waals surface area contributed by atoms with Gasteiger partial charge in [-0.1, -0.05) is 13.3 Å². The highest BCUT2D eigenvalue weighted by atomic mass is 32.2. The number of sulfonamides is 1. The normalized spacial score (nSPS) is 24.3. The first-order valence-electron chi connectivity index (χ1n) is 7.53. The van der Waals surface area contributed by atoms with Crippen LogP contribution in [0, 0.1) is 0 Å². The second-order valence-electron chi connectivity index (χ2n) is 5.69. The van der Waals surface area contributed by atoms with Crippen LogP contribution >= 0.6 is 11.3 Å². The van der Waals surface area contributed by atoms with Gasteiger partial charge < -0.3 is 5.32 Å². The summed E-state index contributed by atoms with van der Waals surface area (Å²) in [5, 5.41) is 7.00. The van der Waals surface area contributed by atoms with Crippen molar-refractivity contribution in [3.05, 3.63) is 17.0 Å². The van der Waals surface area contributed by atoms with E-state index in [0.29, 0.717) is 10.8 Å². The van der Waals surface area contributed by atoms with Gasteiger partial charge in [0.1, 0.15) is 4.21 Å². The number of hydrazine groups is 1. The Labute approximate surface area is 131 Å². The van der Waals surface area contributed by atoms with Crippen LogP contribution in [0.3, 0.4) is 0 Å². The third-order valence-corrected chi connectivity index (χ3v) is 6.71. The van der Waals surface area contributed by atoms with Crippen molar-refractivity contribution in [2.24, 2.45) is 0 Å². The van der Waals surface area contributed by atoms with Crippen molar-refractivity contribution in [3.63, 3.8) is 0 Å². The molecule has 0 bridgehead atoms. The number of nitrogens with zero attached hydrogens (tertiary/aromatic N) is 1. The molecule has 1 saturated heterocycles. The maximum absolute atomic E-state index is 12.5. The number of thiophene rings is 1. The molecule has 0 radical (unpaired) electrons. The van der Waals surface area contributed by atoms with E-state index >= 15 is 0 Å². The van der Waals surface area contributed by atoms with E-state index in [9.17, 15) is 8.42 Å². The quantitative estimate of drug-likeness (QED) is 0.840. The fourth-order valence-electron chi connectivity index (χ4n) is 2.64. The van der Waals surface area contributed by atoms with Crippen LogP contribution in [0.5, 0.6) is 0 Å². The van der Waals surface area contributed by atoms with E-state index in [-0.39, 0.29) is 12.1 Å². The molecule has 2 atom stereocenters. The van der Waals surface area contributed by atoms with E-state index in [2.05, 4.69) is 24.0 Å². The molecule has 1 aromatic rings. The molecular formula is C14H25N3O2S2. The Morgan fingerprint density at radius 2 is 2.00 bits per heavy atom. The number of nitrogens with one attached hydrogen (secondary N) is 2. The van der Waals surface area contributed by atoms with Crippen LogP contribution in [0.4, 0.5) is 0 Å². The molecule has 0 aromatic carbocycles. The molecule has 2 rings (SSSR count).